The number of para-hydroxylation sites is 1. The zero-order valence-electron chi connectivity index (χ0n) is 13.0. The highest BCUT2D eigenvalue weighted by Crippen LogP contribution is 2.25. The molecule has 0 aliphatic carbocycles. The van der Waals surface area contributed by atoms with Gasteiger partial charge in [-0.25, -0.2) is 0 Å². The van der Waals surface area contributed by atoms with Gasteiger partial charge in [0.05, 0.1) is 0 Å². The van der Waals surface area contributed by atoms with Gasteiger partial charge in [-0.1, -0.05) is 51.3 Å². The molecule has 0 saturated heterocycles. The van der Waals surface area contributed by atoms with Crippen molar-refractivity contribution in [3.63, 3.8) is 0 Å². The summed E-state index contributed by atoms with van der Waals surface area (Å²) in [5.41, 5.74) is 2.32. The molecule has 1 heterocycles. The van der Waals surface area contributed by atoms with Gasteiger partial charge in [-0.2, -0.15) is 0 Å². The molecular weight excluding hydrogens is 246 g/mol. The van der Waals surface area contributed by atoms with E-state index in [9.17, 15) is 0 Å². The third kappa shape index (κ3) is 3.63. The van der Waals surface area contributed by atoms with Gasteiger partial charge >= 0.3 is 0 Å². The number of fused-ring (bicyclic) bond motifs is 1. The molecule has 2 nitrogen and oxygen atoms in total. The quantitative estimate of drug-likeness (QED) is 0.716. The van der Waals surface area contributed by atoms with Gasteiger partial charge < -0.3 is 9.73 Å². The lowest BCUT2D eigenvalue weighted by molar-refractivity contribution is 0.432. The number of hydrogen-bond donors (Lipinski definition) is 1. The Balaban J connectivity index is 2.05. The molecule has 1 atom stereocenters. The molecule has 2 aromatic rings. The molecule has 1 N–H and O–H groups in total. The lowest BCUT2D eigenvalue weighted by Crippen LogP contribution is -2.28. The highest BCUT2D eigenvalue weighted by atomic mass is 16.3. The van der Waals surface area contributed by atoms with Crippen LogP contribution in [0.25, 0.3) is 11.0 Å². The minimum absolute atomic E-state index is 0.632. The van der Waals surface area contributed by atoms with Crippen molar-refractivity contribution < 1.29 is 4.42 Å². The molecular formula is C18H27NO. The summed E-state index contributed by atoms with van der Waals surface area (Å²) in [5.74, 6) is 1.05. The molecule has 20 heavy (non-hydrogen) atoms. The summed E-state index contributed by atoms with van der Waals surface area (Å²) in [6.07, 6.45) is 6.36. The van der Waals surface area contributed by atoms with Gasteiger partial charge in [0.2, 0.25) is 0 Å². The van der Waals surface area contributed by atoms with E-state index in [1.165, 1.54) is 43.1 Å². The van der Waals surface area contributed by atoms with Crippen LogP contribution in [0.3, 0.4) is 0 Å². The van der Waals surface area contributed by atoms with Crippen molar-refractivity contribution in [3.8, 4) is 0 Å². The van der Waals surface area contributed by atoms with Crippen molar-refractivity contribution in [2.24, 2.45) is 0 Å². The first kappa shape index (κ1) is 15.1. The van der Waals surface area contributed by atoms with Crippen LogP contribution in [0.2, 0.25) is 0 Å². The van der Waals surface area contributed by atoms with E-state index in [1.807, 2.05) is 12.1 Å². The first-order chi connectivity index (χ1) is 9.76. The molecule has 0 aliphatic heterocycles. The van der Waals surface area contributed by atoms with E-state index in [0.29, 0.717) is 6.04 Å². The molecule has 2 heteroatoms. The average molecular weight is 273 g/mol. The standard InChI is InChI=1S/C18H27NO/c1-4-6-10-15(9-5-2)19-13-17-14(3)20-18-12-8-7-11-16(17)18/h7-8,11-12,15,19H,4-6,9-10,13H2,1-3H3. The van der Waals surface area contributed by atoms with E-state index >= 15 is 0 Å². The SMILES string of the molecule is CCCCC(CCC)NCc1c(C)oc2ccccc12. The van der Waals surface area contributed by atoms with E-state index in [2.05, 4.69) is 38.2 Å². The summed E-state index contributed by atoms with van der Waals surface area (Å²) < 4.78 is 5.83. The number of benzene rings is 1. The molecule has 1 aromatic heterocycles. The third-order valence-electron chi connectivity index (χ3n) is 4.01. The fraction of sp³-hybridized carbons (Fsp3) is 0.556. The Kier molecular flexibility index (Phi) is 5.66. The lowest BCUT2D eigenvalue weighted by atomic mass is 10.0. The van der Waals surface area contributed by atoms with Crippen molar-refractivity contribution >= 4 is 11.0 Å². The van der Waals surface area contributed by atoms with Crippen molar-refractivity contribution in [2.45, 2.75) is 65.5 Å². The van der Waals surface area contributed by atoms with Crippen LogP contribution in [0.1, 0.15) is 57.3 Å². The number of furan rings is 1. The normalized spacial score (nSPS) is 12.9. The highest BCUT2D eigenvalue weighted by Gasteiger charge is 2.12. The number of nitrogens with one attached hydrogen (secondary N) is 1. The van der Waals surface area contributed by atoms with Crippen LogP contribution in [0.4, 0.5) is 0 Å². The molecule has 0 saturated carbocycles. The molecule has 0 amide bonds. The van der Waals surface area contributed by atoms with Gasteiger partial charge in [0.1, 0.15) is 11.3 Å². The molecule has 0 aliphatic rings. The van der Waals surface area contributed by atoms with Crippen molar-refractivity contribution in [3.05, 3.63) is 35.6 Å². The molecule has 0 radical (unpaired) electrons. The molecule has 2 rings (SSSR count). The Labute approximate surface area is 122 Å². The second-order valence-electron chi connectivity index (χ2n) is 5.64. The van der Waals surface area contributed by atoms with E-state index in [1.54, 1.807) is 0 Å². The molecule has 0 fully saturated rings. The van der Waals surface area contributed by atoms with E-state index < -0.39 is 0 Å². The Morgan fingerprint density at radius 1 is 1.10 bits per heavy atom. The predicted octanol–water partition coefficient (Wildman–Crippen LogP) is 5.19. The smallest absolute Gasteiger partial charge is 0.134 e. The molecule has 0 bridgehead atoms. The van der Waals surface area contributed by atoms with Crippen LogP contribution in [-0.2, 0) is 6.54 Å². The minimum Gasteiger partial charge on any atom is -0.461 e. The average Bonchev–Trinajstić information content (AvgIpc) is 2.77. The van der Waals surface area contributed by atoms with Crippen molar-refractivity contribution in [2.75, 3.05) is 0 Å². The lowest BCUT2D eigenvalue weighted by Gasteiger charge is -2.17. The Hall–Kier alpha value is -1.28. The summed E-state index contributed by atoms with van der Waals surface area (Å²) in [5, 5.41) is 4.98. The zero-order chi connectivity index (χ0) is 14.4. The van der Waals surface area contributed by atoms with Crippen LogP contribution in [0.15, 0.2) is 28.7 Å². The first-order valence-corrected chi connectivity index (χ1v) is 7.96. The number of aryl methyl sites for hydroxylation is 1. The highest BCUT2D eigenvalue weighted by molar-refractivity contribution is 5.82. The molecule has 110 valence electrons. The largest absolute Gasteiger partial charge is 0.461 e. The number of unbranched alkanes of at least 4 members (excludes halogenated alkanes) is 1. The van der Waals surface area contributed by atoms with Crippen LogP contribution >= 0.6 is 0 Å². The van der Waals surface area contributed by atoms with Crippen molar-refractivity contribution in [1.82, 2.24) is 5.32 Å². The molecule has 0 spiro atoms. The minimum atomic E-state index is 0.632. The molecule has 1 aromatic carbocycles. The van der Waals surface area contributed by atoms with E-state index in [-0.39, 0.29) is 0 Å². The summed E-state index contributed by atoms with van der Waals surface area (Å²) in [4.78, 5) is 0. The monoisotopic (exact) mass is 273 g/mol. The maximum absolute atomic E-state index is 5.83. The fourth-order valence-corrected chi connectivity index (χ4v) is 2.83. The van der Waals surface area contributed by atoms with E-state index in [0.717, 1.165) is 17.9 Å². The van der Waals surface area contributed by atoms with Gasteiger partial charge in [-0.05, 0) is 25.8 Å². The zero-order valence-corrected chi connectivity index (χ0v) is 13.0. The predicted molar refractivity (Wildman–Crippen MR) is 86.0 cm³/mol. The van der Waals surface area contributed by atoms with Crippen LogP contribution in [-0.4, -0.2) is 6.04 Å². The maximum atomic E-state index is 5.83. The molecule has 1 unspecified atom stereocenters. The summed E-state index contributed by atoms with van der Waals surface area (Å²) in [6.45, 7) is 7.50. The summed E-state index contributed by atoms with van der Waals surface area (Å²) >= 11 is 0. The van der Waals surface area contributed by atoms with Crippen LogP contribution < -0.4 is 5.32 Å². The van der Waals surface area contributed by atoms with Crippen LogP contribution in [0, 0.1) is 6.92 Å². The van der Waals surface area contributed by atoms with Gasteiger partial charge in [-0.3, -0.25) is 0 Å². The summed E-state index contributed by atoms with van der Waals surface area (Å²) in [6, 6.07) is 8.95. The Morgan fingerprint density at radius 2 is 1.90 bits per heavy atom. The van der Waals surface area contributed by atoms with Gasteiger partial charge in [-0.15, -0.1) is 0 Å². The number of hydrogen-bond acceptors (Lipinski definition) is 2. The first-order valence-electron chi connectivity index (χ1n) is 7.96. The topological polar surface area (TPSA) is 25.2 Å². The Morgan fingerprint density at radius 3 is 2.65 bits per heavy atom. The Bertz CT molecular complexity index is 529. The van der Waals surface area contributed by atoms with Gasteiger partial charge in [0.25, 0.3) is 0 Å². The second-order valence-corrected chi connectivity index (χ2v) is 5.64. The van der Waals surface area contributed by atoms with E-state index in [4.69, 9.17) is 4.42 Å². The summed E-state index contributed by atoms with van der Waals surface area (Å²) in [7, 11) is 0. The maximum Gasteiger partial charge on any atom is 0.134 e. The van der Waals surface area contributed by atoms with Gasteiger partial charge in [0, 0.05) is 23.5 Å². The fourth-order valence-electron chi connectivity index (χ4n) is 2.83. The van der Waals surface area contributed by atoms with Crippen molar-refractivity contribution in [1.29, 1.82) is 0 Å². The number of rotatable bonds is 8. The van der Waals surface area contributed by atoms with Crippen LogP contribution in [0.5, 0.6) is 0 Å². The third-order valence-corrected chi connectivity index (χ3v) is 4.01. The second kappa shape index (κ2) is 7.49. The van der Waals surface area contributed by atoms with Gasteiger partial charge in [0.15, 0.2) is 0 Å².